The van der Waals surface area contributed by atoms with Gasteiger partial charge in [0.25, 0.3) is 0 Å². The van der Waals surface area contributed by atoms with Crippen LogP contribution in [0.25, 0.3) is 0 Å². The molecule has 0 aromatic heterocycles. The van der Waals surface area contributed by atoms with Crippen LogP contribution in [0.3, 0.4) is 0 Å². The second kappa shape index (κ2) is 8.70. The van der Waals surface area contributed by atoms with E-state index in [1.807, 2.05) is 6.92 Å². The number of esters is 1. The Morgan fingerprint density at radius 1 is 1.32 bits per heavy atom. The lowest BCUT2D eigenvalue weighted by atomic mass is 10.1. The van der Waals surface area contributed by atoms with Crippen molar-refractivity contribution in [1.29, 1.82) is 0 Å². The summed E-state index contributed by atoms with van der Waals surface area (Å²) >= 11 is 0. The molecule has 1 rings (SSSR count). The van der Waals surface area contributed by atoms with Crippen LogP contribution >= 0.6 is 0 Å². The van der Waals surface area contributed by atoms with Gasteiger partial charge in [-0.05, 0) is 25.8 Å². The molecule has 0 bridgehead atoms. The number of carbonyl (C=O) groups is 1. The third kappa shape index (κ3) is 6.97. The van der Waals surface area contributed by atoms with Gasteiger partial charge in [0.1, 0.15) is 6.10 Å². The van der Waals surface area contributed by atoms with E-state index in [4.69, 9.17) is 4.74 Å². The molecule has 0 spiro atoms. The molecule has 0 aliphatic heterocycles. The van der Waals surface area contributed by atoms with E-state index in [1.54, 1.807) is 0 Å². The number of ether oxygens (including phenoxy) is 1. The van der Waals surface area contributed by atoms with Crippen molar-refractivity contribution in [3.05, 3.63) is 35.4 Å². The Balaban J connectivity index is 2.18. The lowest BCUT2D eigenvalue weighted by Gasteiger charge is -2.14. The van der Waals surface area contributed by atoms with Gasteiger partial charge >= 0.3 is 5.97 Å². The molecule has 1 aromatic rings. The summed E-state index contributed by atoms with van der Waals surface area (Å²) in [6.07, 6.45) is 2.38. The zero-order chi connectivity index (χ0) is 14.1. The molecule has 1 unspecified atom stereocenters. The number of hydrogen-bond donors (Lipinski definition) is 1. The van der Waals surface area contributed by atoms with E-state index in [0.29, 0.717) is 13.0 Å². The molecule has 1 N–H and O–H groups in total. The Kier molecular flexibility index (Phi) is 7.19. The highest BCUT2D eigenvalue weighted by atomic mass is 16.5. The summed E-state index contributed by atoms with van der Waals surface area (Å²) in [5.74, 6) is -0.0912. The summed E-state index contributed by atoms with van der Waals surface area (Å²) in [5.41, 5.74) is 2.51. The van der Waals surface area contributed by atoms with Crippen LogP contribution in [0.1, 0.15) is 44.2 Å². The van der Waals surface area contributed by atoms with Crippen molar-refractivity contribution < 1.29 is 9.53 Å². The highest BCUT2D eigenvalue weighted by Crippen LogP contribution is 2.03. The van der Waals surface area contributed by atoms with Crippen molar-refractivity contribution in [2.45, 2.75) is 52.7 Å². The molecule has 1 aromatic carbocycles. The fraction of sp³-hybridized carbons (Fsp3) is 0.562. The molecule has 0 saturated carbocycles. The van der Waals surface area contributed by atoms with Gasteiger partial charge in [-0.15, -0.1) is 0 Å². The van der Waals surface area contributed by atoms with Crippen LogP contribution in [-0.2, 0) is 16.1 Å². The van der Waals surface area contributed by atoms with Crippen LogP contribution in [-0.4, -0.2) is 18.6 Å². The van der Waals surface area contributed by atoms with E-state index in [-0.39, 0.29) is 12.1 Å². The van der Waals surface area contributed by atoms with Gasteiger partial charge in [0, 0.05) is 19.5 Å². The Morgan fingerprint density at radius 2 is 2.00 bits per heavy atom. The molecule has 0 aliphatic carbocycles. The molecule has 106 valence electrons. The summed E-state index contributed by atoms with van der Waals surface area (Å²) < 4.78 is 5.31. The van der Waals surface area contributed by atoms with Crippen molar-refractivity contribution in [1.82, 2.24) is 5.32 Å². The smallest absolute Gasteiger partial charge is 0.306 e. The SMILES string of the molecule is CCCCC(=O)OC(C)CNCc1ccc(C)cc1. The molecular formula is C16H25NO2. The van der Waals surface area contributed by atoms with Crippen molar-refractivity contribution in [3.8, 4) is 0 Å². The Bertz CT molecular complexity index is 373. The summed E-state index contributed by atoms with van der Waals surface area (Å²) in [5, 5.41) is 3.31. The number of aryl methyl sites for hydroxylation is 1. The number of carbonyl (C=O) groups excluding carboxylic acids is 1. The van der Waals surface area contributed by atoms with E-state index in [1.165, 1.54) is 11.1 Å². The molecule has 0 amide bonds. The Hall–Kier alpha value is -1.35. The zero-order valence-corrected chi connectivity index (χ0v) is 12.2. The first-order valence-corrected chi connectivity index (χ1v) is 7.07. The highest BCUT2D eigenvalue weighted by Gasteiger charge is 2.08. The third-order valence-corrected chi connectivity index (χ3v) is 2.95. The topological polar surface area (TPSA) is 38.3 Å². The number of hydrogen-bond acceptors (Lipinski definition) is 3. The largest absolute Gasteiger partial charge is 0.461 e. The maximum atomic E-state index is 11.4. The fourth-order valence-corrected chi connectivity index (χ4v) is 1.77. The van der Waals surface area contributed by atoms with Crippen LogP contribution < -0.4 is 5.32 Å². The van der Waals surface area contributed by atoms with E-state index in [9.17, 15) is 4.79 Å². The van der Waals surface area contributed by atoms with Gasteiger partial charge in [0.05, 0.1) is 0 Å². The number of rotatable bonds is 8. The van der Waals surface area contributed by atoms with Gasteiger partial charge < -0.3 is 10.1 Å². The molecule has 0 aliphatic rings. The Labute approximate surface area is 116 Å². The summed E-state index contributed by atoms with van der Waals surface area (Å²) in [7, 11) is 0. The summed E-state index contributed by atoms with van der Waals surface area (Å²) in [6.45, 7) is 7.56. The van der Waals surface area contributed by atoms with Gasteiger partial charge in [0.2, 0.25) is 0 Å². The Morgan fingerprint density at radius 3 is 2.63 bits per heavy atom. The van der Waals surface area contributed by atoms with E-state index in [0.717, 1.165) is 19.4 Å². The standard InChI is InChI=1S/C16H25NO2/c1-4-5-6-16(18)19-14(3)11-17-12-15-9-7-13(2)8-10-15/h7-10,14,17H,4-6,11-12H2,1-3H3. The average molecular weight is 263 g/mol. The molecule has 3 heteroatoms. The lowest BCUT2D eigenvalue weighted by molar-refractivity contribution is -0.148. The monoisotopic (exact) mass is 263 g/mol. The van der Waals surface area contributed by atoms with Crippen molar-refractivity contribution >= 4 is 5.97 Å². The lowest BCUT2D eigenvalue weighted by Crippen LogP contribution is -2.28. The van der Waals surface area contributed by atoms with E-state index in [2.05, 4.69) is 43.4 Å². The van der Waals surface area contributed by atoms with Crippen LogP contribution in [0.5, 0.6) is 0 Å². The first-order chi connectivity index (χ1) is 9.11. The number of benzene rings is 1. The van der Waals surface area contributed by atoms with Crippen molar-refractivity contribution in [3.63, 3.8) is 0 Å². The van der Waals surface area contributed by atoms with Gasteiger partial charge in [-0.2, -0.15) is 0 Å². The van der Waals surface area contributed by atoms with Crippen LogP contribution in [0.2, 0.25) is 0 Å². The summed E-state index contributed by atoms with van der Waals surface area (Å²) in [4.78, 5) is 11.4. The molecule has 0 fully saturated rings. The van der Waals surface area contributed by atoms with Crippen molar-refractivity contribution in [2.75, 3.05) is 6.54 Å². The molecule has 0 saturated heterocycles. The van der Waals surface area contributed by atoms with Gasteiger partial charge in [-0.1, -0.05) is 43.2 Å². The first-order valence-electron chi connectivity index (χ1n) is 7.07. The fourth-order valence-electron chi connectivity index (χ4n) is 1.77. The second-order valence-corrected chi connectivity index (χ2v) is 5.02. The van der Waals surface area contributed by atoms with E-state index < -0.39 is 0 Å². The first kappa shape index (κ1) is 15.7. The maximum Gasteiger partial charge on any atom is 0.306 e. The van der Waals surface area contributed by atoms with Gasteiger partial charge in [0.15, 0.2) is 0 Å². The molecule has 0 heterocycles. The van der Waals surface area contributed by atoms with Crippen LogP contribution in [0.4, 0.5) is 0 Å². The quantitative estimate of drug-likeness (QED) is 0.732. The molecular weight excluding hydrogens is 238 g/mol. The normalized spacial score (nSPS) is 12.2. The van der Waals surface area contributed by atoms with Crippen LogP contribution in [0.15, 0.2) is 24.3 Å². The predicted molar refractivity (Wildman–Crippen MR) is 78.0 cm³/mol. The zero-order valence-electron chi connectivity index (χ0n) is 12.2. The predicted octanol–water partition coefficient (Wildman–Crippen LogP) is 3.21. The number of unbranched alkanes of at least 4 members (excludes halogenated alkanes) is 1. The minimum absolute atomic E-state index is 0.0743. The molecule has 1 atom stereocenters. The van der Waals surface area contributed by atoms with Gasteiger partial charge in [-0.25, -0.2) is 0 Å². The summed E-state index contributed by atoms with van der Waals surface area (Å²) in [6, 6.07) is 8.43. The highest BCUT2D eigenvalue weighted by molar-refractivity contribution is 5.69. The minimum Gasteiger partial charge on any atom is -0.461 e. The second-order valence-electron chi connectivity index (χ2n) is 5.02. The van der Waals surface area contributed by atoms with E-state index >= 15 is 0 Å². The molecule has 3 nitrogen and oxygen atoms in total. The van der Waals surface area contributed by atoms with Crippen molar-refractivity contribution in [2.24, 2.45) is 0 Å². The third-order valence-electron chi connectivity index (χ3n) is 2.95. The number of nitrogens with one attached hydrogen (secondary N) is 1. The average Bonchev–Trinajstić information content (AvgIpc) is 2.38. The maximum absolute atomic E-state index is 11.4. The minimum atomic E-state index is -0.0912. The van der Waals surface area contributed by atoms with Crippen LogP contribution in [0, 0.1) is 6.92 Å². The molecule has 19 heavy (non-hydrogen) atoms. The molecule has 0 radical (unpaired) electrons. The van der Waals surface area contributed by atoms with Gasteiger partial charge in [-0.3, -0.25) is 4.79 Å².